The van der Waals surface area contributed by atoms with Gasteiger partial charge in [0.15, 0.2) is 0 Å². The van der Waals surface area contributed by atoms with E-state index in [9.17, 15) is 22.8 Å². The van der Waals surface area contributed by atoms with Crippen LogP contribution >= 0.6 is 23.2 Å². The maximum absolute atomic E-state index is 14.2. The van der Waals surface area contributed by atoms with Gasteiger partial charge in [0, 0.05) is 11.3 Å². The van der Waals surface area contributed by atoms with E-state index in [4.69, 9.17) is 27.9 Å². The topological polar surface area (TPSA) is 76.7 Å². The maximum atomic E-state index is 14.2. The molecule has 162 valence electrons. The Balaban J connectivity index is 2.50. The number of halogens is 5. The number of ether oxygens (including phenoxy) is 2. The summed E-state index contributed by atoms with van der Waals surface area (Å²) in [5.74, 6) is -2.52. The number of carbonyl (C=O) groups is 2. The summed E-state index contributed by atoms with van der Waals surface area (Å²) in [6.45, 7) is 0.988. The van der Waals surface area contributed by atoms with Gasteiger partial charge in [0.25, 0.3) is 5.91 Å². The van der Waals surface area contributed by atoms with Crippen molar-refractivity contribution in [3.8, 4) is 5.75 Å². The van der Waals surface area contributed by atoms with Crippen LogP contribution in [-0.4, -0.2) is 37.4 Å². The minimum Gasteiger partial charge on any atom is -0.497 e. The predicted octanol–water partition coefficient (Wildman–Crippen LogP) is 4.67. The van der Waals surface area contributed by atoms with Crippen molar-refractivity contribution in [3.63, 3.8) is 0 Å². The van der Waals surface area contributed by atoms with E-state index in [1.165, 1.54) is 50.4 Å². The van der Waals surface area contributed by atoms with E-state index in [0.717, 1.165) is 6.07 Å². The molecule has 2 aromatic rings. The molecule has 11 heteroatoms. The van der Waals surface area contributed by atoms with Gasteiger partial charge in [-0.15, -0.1) is 0 Å². The first-order chi connectivity index (χ1) is 14.0. The van der Waals surface area contributed by atoms with Gasteiger partial charge in [-0.3, -0.25) is 4.79 Å². The summed E-state index contributed by atoms with van der Waals surface area (Å²) in [5.41, 5.74) is -3.94. The van der Waals surface area contributed by atoms with Crippen molar-refractivity contribution < 1.29 is 32.2 Å². The number of amides is 1. The SMILES string of the molecule is CCOC(=O)C(NC(=O)c1ccc(OC)cc1)(Nc1ccc(Cl)c(Cl)c1)C(F)(F)F. The van der Waals surface area contributed by atoms with Crippen LogP contribution in [0.3, 0.4) is 0 Å². The third-order valence-corrected chi connectivity index (χ3v) is 4.65. The Morgan fingerprint density at radius 3 is 2.17 bits per heavy atom. The molecule has 0 saturated heterocycles. The molecule has 0 aliphatic carbocycles. The van der Waals surface area contributed by atoms with Crippen molar-refractivity contribution in [2.45, 2.75) is 18.8 Å². The second kappa shape index (κ2) is 9.44. The zero-order chi connectivity index (χ0) is 22.5. The van der Waals surface area contributed by atoms with Crippen LogP contribution in [0.2, 0.25) is 10.0 Å². The molecule has 1 amide bonds. The van der Waals surface area contributed by atoms with Crippen molar-refractivity contribution in [1.82, 2.24) is 5.32 Å². The van der Waals surface area contributed by atoms with Gasteiger partial charge >= 0.3 is 17.8 Å². The smallest absolute Gasteiger partial charge is 0.441 e. The molecule has 1 atom stereocenters. The molecule has 2 rings (SSSR count). The molecule has 0 heterocycles. The molecule has 30 heavy (non-hydrogen) atoms. The first kappa shape index (κ1) is 23.6. The lowest BCUT2D eigenvalue weighted by Crippen LogP contribution is -2.69. The Kier molecular flexibility index (Phi) is 7.44. The van der Waals surface area contributed by atoms with Gasteiger partial charge < -0.3 is 20.1 Å². The normalized spacial score (nSPS) is 13.2. The minimum atomic E-state index is -5.28. The number of anilines is 1. The Hall–Kier alpha value is -2.65. The van der Waals surface area contributed by atoms with Crippen LogP contribution < -0.4 is 15.4 Å². The third kappa shape index (κ3) is 5.09. The highest BCUT2D eigenvalue weighted by Gasteiger charge is 2.63. The largest absolute Gasteiger partial charge is 0.497 e. The van der Waals surface area contributed by atoms with Crippen molar-refractivity contribution in [2.75, 3.05) is 19.0 Å². The lowest BCUT2D eigenvalue weighted by Gasteiger charge is -2.35. The van der Waals surface area contributed by atoms with Gasteiger partial charge in [-0.25, -0.2) is 4.79 Å². The van der Waals surface area contributed by atoms with Crippen LogP contribution in [0.25, 0.3) is 0 Å². The first-order valence-corrected chi connectivity index (χ1v) is 9.23. The molecule has 0 aromatic heterocycles. The number of hydrogen-bond acceptors (Lipinski definition) is 5. The summed E-state index contributed by atoms with van der Waals surface area (Å²) in [5, 5.41) is 3.78. The standard InChI is InChI=1S/C19H17Cl2F3N2O4/c1-3-30-17(28)18(19(22,23)24,25-12-6-9-14(20)15(21)10-12)26-16(27)11-4-7-13(29-2)8-5-11/h4-10,25H,3H2,1-2H3,(H,26,27). The molecule has 1 unspecified atom stereocenters. The number of alkyl halides is 3. The van der Waals surface area contributed by atoms with Gasteiger partial charge in [-0.05, 0) is 49.4 Å². The summed E-state index contributed by atoms with van der Waals surface area (Å²) in [4.78, 5) is 25.0. The monoisotopic (exact) mass is 464 g/mol. The van der Waals surface area contributed by atoms with Crippen LogP contribution in [0.4, 0.5) is 18.9 Å². The predicted molar refractivity (Wildman–Crippen MR) is 106 cm³/mol. The number of benzene rings is 2. The number of hydrogen-bond donors (Lipinski definition) is 2. The lowest BCUT2D eigenvalue weighted by molar-refractivity contribution is -0.204. The van der Waals surface area contributed by atoms with E-state index in [1.807, 2.05) is 5.32 Å². The molecule has 0 fully saturated rings. The van der Waals surface area contributed by atoms with Gasteiger partial charge in [-0.1, -0.05) is 23.2 Å². The van der Waals surface area contributed by atoms with Crippen LogP contribution in [0.15, 0.2) is 42.5 Å². The number of methoxy groups -OCH3 is 1. The van der Waals surface area contributed by atoms with Crippen LogP contribution in [0, 0.1) is 0 Å². The average Bonchev–Trinajstić information content (AvgIpc) is 2.69. The van der Waals surface area contributed by atoms with Crippen molar-refractivity contribution >= 4 is 40.8 Å². The highest BCUT2D eigenvalue weighted by Crippen LogP contribution is 2.35. The van der Waals surface area contributed by atoms with Crippen molar-refractivity contribution in [1.29, 1.82) is 0 Å². The fourth-order valence-electron chi connectivity index (χ4n) is 2.41. The summed E-state index contributed by atoms with van der Waals surface area (Å²) in [7, 11) is 1.39. The van der Waals surface area contributed by atoms with E-state index in [2.05, 4.69) is 4.74 Å². The molecule has 0 radical (unpaired) electrons. The Bertz CT molecular complexity index is 923. The summed E-state index contributed by atoms with van der Waals surface area (Å²) < 4.78 is 52.0. The fraction of sp³-hybridized carbons (Fsp3) is 0.263. The van der Waals surface area contributed by atoms with Crippen LogP contribution in [0.5, 0.6) is 5.75 Å². The number of rotatable bonds is 7. The number of nitrogens with one attached hydrogen (secondary N) is 2. The molecule has 0 aliphatic heterocycles. The summed E-state index contributed by atoms with van der Waals surface area (Å²) >= 11 is 11.6. The van der Waals surface area contributed by atoms with E-state index >= 15 is 0 Å². The van der Waals surface area contributed by atoms with E-state index < -0.39 is 23.7 Å². The van der Waals surface area contributed by atoms with E-state index in [-0.39, 0.29) is 27.9 Å². The second-order valence-electron chi connectivity index (χ2n) is 5.90. The van der Waals surface area contributed by atoms with Crippen molar-refractivity contribution in [3.05, 3.63) is 58.1 Å². The zero-order valence-corrected chi connectivity index (χ0v) is 17.3. The van der Waals surface area contributed by atoms with Crippen LogP contribution in [-0.2, 0) is 9.53 Å². The average molecular weight is 465 g/mol. The van der Waals surface area contributed by atoms with Gasteiger partial charge in [0.05, 0.1) is 23.8 Å². The Morgan fingerprint density at radius 1 is 1.03 bits per heavy atom. The van der Waals surface area contributed by atoms with Gasteiger partial charge in [0.2, 0.25) is 0 Å². The fourth-order valence-corrected chi connectivity index (χ4v) is 2.70. The van der Waals surface area contributed by atoms with Gasteiger partial charge in [0.1, 0.15) is 5.75 Å². The number of esters is 1. The minimum absolute atomic E-state index is 0.0527. The van der Waals surface area contributed by atoms with Crippen molar-refractivity contribution in [2.24, 2.45) is 0 Å². The first-order valence-electron chi connectivity index (χ1n) is 8.47. The Labute approximate surface area is 180 Å². The molecule has 0 bridgehead atoms. The molecule has 6 nitrogen and oxygen atoms in total. The zero-order valence-electron chi connectivity index (χ0n) is 15.8. The maximum Gasteiger partial charge on any atom is 0.441 e. The number of carbonyl (C=O) groups excluding carboxylic acids is 2. The molecule has 0 aliphatic rings. The third-order valence-electron chi connectivity index (χ3n) is 3.91. The molecule has 0 saturated carbocycles. The molecule has 0 spiro atoms. The van der Waals surface area contributed by atoms with E-state index in [1.54, 1.807) is 5.32 Å². The van der Waals surface area contributed by atoms with Gasteiger partial charge in [-0.2, -0.15) is 13.2 Å². The summed E-state index contributed by atoms with van der Waals surface area (Å²) in [6.07, 6.45) is -5.28. The lowest BCUT2D eigenvalue weighted by atomic mass is 10.1. The molecular formula is C19H17Cl2F3N2O4. The Morgan fingerprint density at radius 2 is 1.67 bits per heavy atom. The summed E-state index contributed by atoms with van der Waals surface area (Å²) in [6, 6.07) is 8.78. The molecule has 2 N–H and O–H groups in total. The van der Waals surface area contributed by atoms with Crippen LogP contribution in [0.1, 0.15) is 17.3 Å². The van der Waals surface area contributed by atoms with E-state index in [0.29, 0.717) is 5.75 Å². The highest BCUT2D eigenvalue weighted by molar-refractivity contribution is 6.42. The quantitative estimate of drug-likeness (QED) is 0.460. The second-order valence-corrected chi connectivity index (χ2v) is 6.72. The molecular weight excluding hydrogens is 448 g/mol. The highest BCUT2D eigenvalue weighted by atomic mass is 35.5. The molecule has 2 aromatic carbocycles.